The first kappa shape index (κ1) is 15.1. The van der Waals surface area contributed by atoms with E-state index in [1.54, 1.807) is 36.4 Å². The van der Waals surface area contributed by atoms with E-state index >= 15 is 0 Å². The van der Waals surface area contributed by atoms with Crippen LogP contribution in [-0.4, -0.2) is 8.42 Å². The lowest BCUT2D eigenvalue weighted by Crippen LogP contribution is -2.26. The van der Waals surface area contributed by atoms with Gasteiger partial charge in [-0.3, -0.25) is 0 Å². The van der Waals surface area contributed by atoms with E-state index in [0.717, 1.165) is 0 Å². The predicted octanol–water partition coefficient (Wildman–Crippen LogP) is 3.80. The Bertz CT molecular complexity index is 838. The zero-order valence-corrected chi connectivity index (χ0v) is 13.1. The van der Waals surface area contributed by atoms with Crippen molar-refractivity contribution in [3.8, 4) is 0 Å². The fourth-order valence-corrected chi connectivity index (χ4v) is 3.79. The monoisotopic (exact) mass is 324 g/mol. The third-order valence-corrected chi connectivity index (χ3v) is 5.17. The SMILES string of the molecule is Nc1ccc(S(=O)(=O)N(c2ccccc2)c2ccccc2)cc1. The molecule has 0 saturated heterocycles. The number of nitrogens with two attached hydrogens (primary N) is 1. The average Bonchev–Trinajstić information content (AvgIpc) is 2.57. The predicted molar refractivity (Wildman–Crippen MR) is 93.1 cm³/mol. The highest BCUT2D eigenvalue weighted by Crippen LogP contribution is 2.32. The van der Waals surface area contributed by atoms with Gasteiger partial charge < -0.3 is 5.73 Å². The van der Waals surface area contributed by atoms with Crippen LogP contribution in [0.4, 0.5) is 17.1 Å². The van der Waals surface area contributed by atoms with Gasteiger partial charge in [-0.05, 0) is 48.5 Å². The molecule has 4 nitrogen and oxygen atoms in total. The third-order valence-electron chi connectivity index (χ3n) is 3.40. The topological polar surface area (TPSA) is 63.4 Å². The van der Waals surface area contributed by atoms with Crippen LogP contribution < -0.4 is 10.0 Å². The van der Waals surface area contributed by atoms with Crippen LogP contribution in [0.25, 0.3) is 0 Å². The Kier molecular flexibility index (Phi) is 4.04. The van der Waals surface area contributed by atoms with Gasteiger partial charge >= 0.3 is 0 Å². The number of nitrogen functional groups attached to an aromatic ring is 1. The van der Waals surface area contributed by atoms with Crippen LogP contribution in [0.15, 0.2) is 89.8 Å². The zero-order chi connectivity index (χ0) is 16.3. The number of benzene rings is 3. The van der Waals surface area contributed by atoms with Gasteiger partial charge in [-0.25, -0.2) is 12.7 Å². The van der Waals surface area contributed by atoms with Crippen molar-refractivity contribution in [2.24, 2.45) is 0 Å². The third kappa shape index (κ3) is 3.05. The van der Waals surface area contributed by atoms with E-state index in [-0.39, 0.29) is 4.90 Å². The summed E-state index contributed by atoms with van der Waals surface area (Å²) in [7, 11) is -3.75. The van der Waals surface area contributed by atoms with E-state index in [0.29, 0.717) is 17.1 Å². The Morgan fingerprint density at radius 1 is 0.652 bits per heavy atom. The van der Waals surface area contributed by atoms with E-state index in [4.69, 9.17) is 5.73 Å². The number of hydrogen-bond acceptors (Lipinski definition) is 3. The van der Waals surface area contributed by atoms with Crippen LogP contribution in [0.1, 0.15) is 0 Å². The van der Waals surface area contributed by atoms with Crippen molar-refractivity contribution in [1.82, 2.24) is 0 Å². The molecular weight excluding hydrogens is 308 g/mol. The van der Waals surface area contributed by atoms with Crippen molar-refractivity contribution in [1.29, 1.82) is 0 Å². The first-order chi connectivity index (χ1) is 11.1. The van der Waals surface area contributed by atoms with Gasteiger partial charge in [0.2, 0.25) is 0 Å². The number of sulfonamides is 1. The molecule has 0 heterocycles. The van der Waals surface area contributed by atoms with Crippen LogP contribution in [-0.2, 0) is 10.0 Å². The highest BCUT2D eigenvalue weighted by molar-refractivity contribution is 7.93. The minimum atomic E-state index is -3.75. The van der Waals surface area contributed by atoms with Crippen molar-refractivity contribution in [2.45, 2.75) is 4.90 Å². The van der Waals surface area contributed by atoms with E-state index in [9.17, 15) is 8.42 Å². The minimum absolute atomic E-state index is 0.194. The fraction of sp³-hybridized carbons (Fsp3) is 0. The molecule has 3 aromatic carbocycles. The summed E-state index contributed by atoms with van der Waals surface area (Å²) in [5.41, 5.74) is 7.34. The largest absolute Gasteiger partial charge is 0.399 e. The van der Waals surface area contributed by atoms with Crippen molar-refractivity contribution >= 4 is 27.1 Å². The van der Waals surface area contributed by atoms with Crippen molar-refractivity contribution < 1.29 is 8.42 Å². The first-order valence-corrected chi connectivity index (χ1v) is 8.54. The second-order valence-corrected chi connectivity index (χ2v) is 6.80. The highest BCUT2D eigenvalue weighted by Gasteiger charge is 2.26. The lowest BCUT2D eigenvalue weighted by Gasteiger charge is -2.24. The molecule has 116 valence electrons. The van der Waals surface area contributed by atoms with Crippen LogP contribution >= 0.6 is 0 Å². The van der Waals surface area contributed by atoms with Gasteiger partial charge in [0.1, 0.15) is 0 Å². The number of hydrogen-bond donors (Lipinski definition) is 1. The fourth-order valence-electron chi connectivity index (χ4n) is 2.30. The molecule has 0 saturated carbocycles. The van der Waals surface area contributed by atoms with Gasteiger partial charge in [0, 0.05) is 5.69 Å². The molecule has 5 heteroatoms. The summed E-state index contributed by atoms with van der Waals surface area (Å²) in [6.45, 7) is 0. The average molecular weight is 324 g/mol. The zero-order valence-electron chi connectivity index (χ0n) is 12.3. The maximum absolute atomic E-state index is 13.1. The first-order valence-electron chi connectivity index (χ1n) is 7.10. The Labute approximate surface area is 135 Å². The van der Waals surface area contributed by atoms with Gasteiger partial charge in [0.15, 0.2) is 0 Å². The van der Waals surface area contributed by atoms with E-state index in [1.165, 1.54) is 16.4 Å². The number of anilines is 3. The second kappa shape index (κ2) is 6.14. The molecule has 2 N–H and O–H groups in total. The summed E-state index contributed by atoms with van der Waals surface area (Å²) < 4.78 is 27.6. The van der Waals surface area contributed by atoms with Gasteiger partial charge in [0.05, 0.1) is 16.3 Å². The molecule has 0 aliphatic carbocycles. The van der Waals surface area contributed by atoms with Crippen LogP contribution in [0.2, 0.25) is 0 Å². The normalized spacial score (nSPS) is 11.1. The van der Waals surface area contributed by atoms with Crippen LogP contribution in [0, 0.1) is 0 Å². The number of rotatable bonds is 4. The summed E-state index contributed by atoms with van der Waals surface area (Å²) in [5.74, 6) is 0. The molecule has 0 aromatic heterocycles. The molecular formula is C18H16N2O2S. The Balaban J connectivity index is 2.17. The molecule has 3 rings (SSSR count). The molecule has 0 spiro atoms. The molecule has 0 amide bonds. The van der Waals surface area contributed by atoms with Gasteiger partial charge in [-0.1, -0.05) is 36.4 Å². The summed E-state index contributed by atoms with van der Waals surface area (Å²) in [6, 6.07) is 24.2. The summed E-state index contributed by atoms with van der Waals surface area (Å²) in [6.07, 6.45) is 0. The number of para-hydroxylation sites is 2. The summed E-state index contributed by atoms with van der Waals surface area (Å²) in [5, 5.41) is 0. The molecule has 0 fully saturated rings. The van der Waals surface area contributed by atoms with E-state index < -0.39 is 10.0 Å². The maximum atomic E-state index is 13.1. The maximum Gasteiger partial charge on any atom is 0.268 e. The Hall–Kier alpha value is -2.79. The van der Waals surface area contributed by atoms with Crippen molar-refractivity contribution in [3.63, 3.8) is 0 Å². The molecule has 3 aromatic rings. The Morgan fingerprint density at radius 2 is 1.09 bits per heavy atom. The standard InChI is InChI=1S/C18H16N2O2S/c19-15-11-13-18(14-12-15)23(21,22)20(16-7-3-1-4-8-16)17-9-5-2-6-10-17/h1-14H,19H2. The second-order valence-electron chi connectivity index (χ2n) is 5.01. The van der Waals surface area contributed by atoms with Crippen LogP contribution in [0.5, 0.6) is 0 Å². The van der Waals surface area contributed by atoms with E-state index in [2.05, 4.69) is 0 Å². The molecule has 0 unspecified atom stereocenters. The lowest BCUT2D eigenvalue weighted by molar-refractivity contribution is 0.596. The number of nitrogens with zero attached hydrogens (tertiary/aromatic N) is 1. The van der Waals surface area contributed by atoms with Gasteiger partial charge in [-0.15, -0.1) is 0 Å². The molecule has 0 aliphatic heterocycles. The van der Waals surface area contributed by atoms with Crippen molar-refractivity contribution in [2.75, 3.05) is 10.0 Å². The molecule has 0 atom stereocenters. The summed E-state index contributed by atoms with van der Waals surface area (Å²) >= 11 is 0. The minimum Gasteiger partial charge on any atom is -0.399 e. The molecule has 23 heavy (non-hydrogen) atoms. The quantitative estimate of drug-likeness (QED) is 0.743. The van der Waals surface area contributed by atoms with Gasteiger partial charge in [-0.2, -0.15) is 0 Å². The van der Waals surface area contributed by atoms with Gasteiger partial charge in [0.25, 0.3) is 10.0 Å². The smallest absolute Gasteiger partial charge is 0.268 e. The Morgan fingerprint density at radius 3 is 1.52 bits per heavy atom. The molecule has 0 bridgehead atoms. The van der Waals surface area contributed by atoms with Crippen LogP contribution in [0.3, 0.4) is 0 Å². The molecule has 0 aliphatic rings. The molecule has 0 radical (unpaired) electrons. The highest BCUT2D eigenvalue weighted by atomic mass is 32.2. The lowest BCUT2D eigenvalue weighted by atomic mass is 10.3. The summed E-state index contributed by atoms with van der Waals surface area (Å²) in [4.78, 5) is 0.194. The van der Waals surface area contributed by atoms with Crippen molar-refractivity contribution in [3.05, 3.63) is 84.9 Å². The van der Waals surface area contributed by atoms with E-state index in [1.807, 2.05) is 36.4 Å².